The SMILES string of the molecule is C=Cn1cc[n+](CCCS)c1.F[B-](F)(F)F. The van der Waals surface area contributed by atoms with Gasteiger partial charge in [0.15, 0.2) is 0 Å². The van der Waals surface area contributed by atoms with Crippen LogP contribution in [0.15, 0.2) is 25.3 Å². The van der Waals surface area contributed by atoms with Crippen LogP contribution in [0.2, 0.25) is 0 Å². The second-order valence-corrected chi connectivity index (χ2v) is 3.30. The van der Waals surface area contributed by atoms with Crippen LogP contribution < -0.4 is 4.57 Å². The third-order valence-electron chi connectivity index (χ3n) is 1.50. The molecule has 0 aliphatic heterocycles. The van der Waals surface area contributed by atoms with Crippen molar-refractivity contribution in [2.45, 2.75) is 13.0 Å². The smallest absolute Gasteiger partial charge is 0.418 e. The van der Waals surface area contributed by atoms with E-state index in [9.17, 15) is 17.3 Å². The minimum atomic E-state index is -6.00. The molecule has 0 spiro atoms. The van der Waals surface area contributed by atoms with Crippen molar-refractivity contribution >= 4 is 26.1 Å². The molecule has 0 aliphatic carbocycles. The van der Waals surface area contributed by atoms with Crippen LogP contribution in [0, 0.1) is 0 Å². The van der Waals surface area contributed by atoms with Crippen molar-refractivity contribution in [3.8, 4) is 0 Å². The zero-order valence-corrected chi connectivity index (χ0v) is 9.46. The molecule has 0 aromatic carbocycles. The first-order valence-corrected chi connectivity index (χ1v) is 5.17. The highest BCUT2D eigenvalue weighted by Crippen LogP contribution is 2.06. The summed E-state index contributed by atoms with van der Waals surface area (Å²) in [6.07, 6.45) is 8.90. The first-order chi connectivity index (χ1) is 7.36. The van der Waals surface area contributed by atoms with Gasteiger partial charge in [-0.05, 0) is 12.2 Å². The number of halogens is 4. The van der Waals surface area contributed by atoms with Gasteiger partial charge in [-0.3, -0.25) is 0 Å². The third-order valence-corrected chi connectivity index (χ3v) is 1.81. The molecule has 1 aromatic rings. The number of thiol groups is 1. The van der Waals surface area contributed by atoms with E-state index < -0.39 is 7.25 Å². The maximum Gasteiger partial charge on any atom is 0.673 e. The Morgan fingerprint density at radius 2 is 1.94 bits per heavy atom. The quantitative estimate of drug-likeness (QED) is 0.367. The summed E-state index contributed by atoms with van der Waals surface area (Å²) in [5, 5.41) is 0. The lowest BCUT2D eigenvalue weighted by molar-refractivity contribution is -0.695. The van der Waals surface area contributed by atoms with Gasteiger partial charge in [0.1, 0.15) is 12.4 Å². The monoisotopic (exact) mass is 256 g/mol. The fourth-order valence-corrected chi connectivity index (χ4v) is 1.05. The molecular formula is C8H13BF4N2S. The number of aromatic nitrogens is 2. The molecule has 0 radical (unpaired) electrons. The lowest BCUT2D eigenvalue weighted by Crippen LogP contribution is -2.30. The van der Waals surface area contributed by atoms with Gasteiger partial charge in [0.05, 0.1) is 12.7 Å². The first-order valence-electron chi connectivity index (χ1n) is 4.54. The van der Waals surface area contributed by atoms with Gasteiger partial charge in [-0.15, -0.1) is 0 Å². The van der Waals surface area contributed by atoms with Gasteiger partial charge >= 0.3 is 7.25 Å². The summed E-state index contributed by atoms with van der Waals surface area (Å²) in [6.45, 7) is 4.69. The molecule has 0 amide bonds. The normalized spacial score (nSPS) is 10.6. The second kappa shape index (κ2) is 7.37. The van der Waals surface area contributed by atoms with Crippen LogP contribution in [0.5, 0.6) is 0 Å². The van der Waals surface area contributed by atoms with Crippen LogP contribution in [0.1, 0.15) is 6.42 Å². The Bertz CT molecular complexity index is 307. The Morgan fingerprint density at radius 1 is 1.38 bits per heavy atom. The third kappa shape index (κ3) is 9.63. The Hall–Kier alpha value is -0.915. The summed E-state index contributed by atoms with van der Waals surface area (Å²) in [6, 6.07) is 0. The van der Waals surface area contributed by atoms with Crippen molar-refractivity contribution in [1.82, 2.24) is 4.57 Å². The highest BCUT2D eigenvalue weighted by atomic mass is 32.1. The fraction of sp³-hybridized carbons (Fsp3) is 0.375. The summed E-state index contributed by atoms with van der Waals surface area (Å²) >= 11 is 4.14. The number of imidazole rings is 1. The summed E-state index contributed by atoms with van der Waals surface area (Å²) in [4.78, 5) is 0. The van der Waals surface area contributed by atoms with Crippen molar-refractivity contribution in [1.29, 1.82) is 0 Å². The van der Waals surface area contributed by atoms with E-state index in [0.29, 0.717) is 0 Å². The largest absolute Gasteiger partial charge is 0.673 e. The van der Waals surface area contributed by atoms with Crippen LogP contribution in [0.4, 0.5) is 17.3 Å². The molecule has 1 heterocycles. The summed E-state index contributed by atoms with van der Waals surface area (Å²) in [5.41, 5.74) is 0. The zero-order chi connectivity index (χ0) is 12.6. The number of hydrogen-bond donors (Lipinski definition) is 1. The molecule has 0 N–H and O–H groups in total. The van der Waals surface area contributed by atoms with Gasteiger partial charge in [-0.1, -0.05) is 6.58 Å². The molecule has 92 valence electrons. The van der Waals surface area contributed by atoms with Crippen LogP contribution in [0.25, 0.3) is 6.20 Å². The van der Waals surface area contributed by atoms with Crippen molar-refractivity contribution in [2.24, 2.45) is 0 Å². The first kappa shape index (κ1) is 15.1. The summed E-state index contributed by atoms with van der Waals surface area (Å²) in [7, 11) is -6.00. The molecule has 1 rings (SSSR count). The number of rotatable bonds is 4. The Labute approximate surface area is 97.1 Å². The standard InChI is InChI=1S/C8H12N2S.BF4/c1-2-9-5-6-10(8-9)4-3-7-11;2-1(3,4)5/h2,5-6,8H,1,3-4,7H2;/q;-1/p+1. The van der Waals surface area contributed by atoms with Crippen molar-refractivity contribution in [2.75, 3.05) is 5.75 Å². The highest BCUT2D eigenvalue weighted by Gasteiger charge is 2.20. The predicted octanol–water partition coefficient (Wildman–Crippen LogP) is 2.50. The molecule has 0 saturated heterocycles. The average molecular weight is 256 g/mol. The molecule has 16 heavy (non-hydrogen) atoms. The zero-order valence-electron chi connectivity index (χ0n) is 8.57. The molecule has 8 heteroatoms. The lowest BCUT2D eigenvalue weighted by Gasteiger charge is -1.94. The van der Waals surface area contributed by atoms with E-state index in [1.165, 1.54) is 0 Å². The van der Waals surface area contributed by atoms with Crippen LogP contribution in [-0.2, 0) is 6.54 Å². The predicted molar refractivity (Wildman–Crippen MR) is 59.7 cm³/mol. The van der Waals surface area contributed by atoms with Gasteiger partial charge < -0.3 is 17.3 Å². The molecule has 0 saturated carbocycles. The Morgan fingerprint density at radius 3 is 2.31 bits per heavy atom. The minimum absolute atomic E-state index is 0.937. The lowest BCUT2D eigenvalue weighted by atomic mass is 10.3. The topological polar surface area (TPSA) is 8.81 Å². The Kier molecular flexibility index (Phi) is 6.95. The van der Waals surface area contributed by atoms with E-state index in [4.69, 9.17) is 0 Å². The molecule has 0 bridgehead atoms. The van der Waals surface area contributed by atoms with E-state index in [-0.39, 0.29) is 0 Å². The number of hydrogen-bond acceptors (Lipinski definition) is 1. The number of aryl methyl sites for hydroxylation is 1. The van der Waals surface area contributed by atoms with Crippen molar-refractivity contribution < 1.29 is 21.8 Å². The van der Waals surface area contributed by atoms with E-state index in [1.807, 2.05) is 23.3 Å². The second-order valence-electron chi connectivity index (χ2n) is 2.85. The molecule has 1 aromatic heterocycles. The molecule has 0 fully saturated rings. The molecule has 0 unspecified atom stereocenters. The minimum Gasteiger partial charge on any atom is -0.418 e. The summed E-state index contributed by atoms with van der Waals surface area (Å²) < 4.78 is 43.1. The van der Waals surface area contributed by atoms with E-state index in [2.05, 4.69) is 23.8 Å². The average Bonchev–Trinajstić information content (AvgIpc) is 2.59. The molecule has 0 aliphatic rings. The fourth-order valence-electron chi connectivity index (χ4n) is 0.904. The number of nitrogens with zero attached hydrogens (tertiary/aromatic N) is 2. The molecule has 2 nitrogen and oxygen atoms in total. The van der Waals surface area contributed by atoms with Crippen molar-refractivity contribution in [3.63, 3.8) is 0 Å². The Balaban J connectivity index is 0.000000385. The van der Waals surface area contributed by atoms with E-state index in [0.717, 1.165) is 18.7 Å². The maximum atomic E-state index is 9.75. The molecular weight excluding hydrogens is 243 g/mol. The maximum absolute atomic E-state index is 9.75. The summed E-state index contributed by atoms with van der Waals surface area (Å²) in [5.74, 6) is 0.937. The van der Waals surface area contributed by atoms with Crippen LogP contribution >= 0.6 is 12.6 Å². The van der Waals surface area contributed by atoms with Gasteiger partial charge in [-0.25, -0.2) is 9.13 Å². The van der Waals surface area contributed by atoms with Gasteiger partial charge in [0, 0.05) is 0 Å². The van der Waals surface area contributed by atoms with Gasteiger partial charge in [0.25, 0.3) is 0 Å². The molecule has 0 atom stereocenters. The highest BCUT2D eigenvalue weighted by molar-refractivity contribution is 7.80. The van der Waals surface area contributed by atoms with Crippen LogP contribution in [0.3, 0.4) is 0 Å². The van der Waals surface area contributed by atoms with Crippen molar-refractivity contribution in [3.05, 3.63) is 25.3 Å². The van der Waals surface area contributed by atoms with Crippen LogP contribution in [-0.4, -0.2) is 17.6 Å². The van der Waals surface area contributed by atoms with E-state index in [1.54, 1.807) is 6.20 Å². The van der Waals surface area contributed by atoms with E-state index >= 15 is 0 Å². The van der Waals surface area contributed by atoms with Gasteiger partial charge in [0.2, 0.25) is 6.33 Å². The van der Waals surface area contributed by atoms with Gasteiger partial charge in [-0.2, -0.15) is 12.6 Å².